The zero-order valence-corrected chi connectivity index (χ0v) is 8.64. The molecule has 5 heavy (non-hydrogen) atoms. The van der Waals surface area contributed by atoms with Crippen LogP contribution < -0.4 is 0 Å². The van der Waals surface area contributed by atoms with Crippen LogP contribution in [0.3, 0.4) is 0 Å². The summed E-state index contributed by atoms with van der Waals surface area (Å²) in [5, 5.41) is 2.87. The van der Waals surface area contributed by atoms with E-state index in [1.165, 1.54) is 31.2 Å². The molecule has 3 heteroatoms. The molecule has 0 aromatic rings. The molecule has 0 N–H and O–H groups in total. The van der Waals surface area contributed by atoms with Gasteiger partial charge in [-0.05, 0) is 10.8 Å². The fraction of sp³-hybridized carbons (Fsp3) is 1.00. The molecule has 0 aliphatic carbocycles. The van der Waals surface area contributed by atoms with Crippen molar-refractivity contribution in [3.63, 3.8) is 0 Å². The molecule has 0 fully saturated rings. The predicted octanol–water partition coefficient (Wildman–Crippen LogP) is -1.63. The van der Waals surface area contributed by atoms with Crippen LogP contribution in [0.5, 0.6) is 0 Å². The van der Waals surface area contributed by atoms with Gasteiger partial charge in [0.2, 0.25) is 0 Å². The van der Waals surface area contributed by atoms with Crippen molar-refractivity contribution in [2.75, 3.05) is 10.8 Å². The summed E-state index contributed by atoms with van der Waals surface area (Å²) in [5.41, 5.74) is 0. The van der Waals surface area contributed by atoms with Crippen molar-refractivity contribution < 1.29 is 0 Å². The second-order valence-corrected chi connectivity index (χ2v) is 5.81. The van der Waals surface area contributed by atoms with Gasteiger partial charge in [-0.2, -0.15) is 11.8 Å². The van der Waals surface area contributed by atoms with Gasteiger partial charge in [0.15, 0.2) is 0 Å². The van der Waals surface area contributed by atoms with E-state index < -0.39 is 0 Å². The maximum absolute atomic E-state index is 2.09. The van der Waals surface area contributed by atoms with Crippen LogP contribution in [-0.2, 0) is 0 Å². The first-order valence-electron chi connectivity index (χ1n) is 1.99. The molecule has 0 saturated heterocycles. The van der Waals surface area contributed by atoms with E-state index in [1.807, 2.05) is 0 Å². The third-order valence-corrected chi connectivity index (χ3v) is 3.67. The van der Waals surface area contributed by atoms with Gasteiger partial charge in [0.1, 0.15) is 0 Å². The van der Waals surface area contributed by atoms with Crippen LogP contribution in [0.4, 0.5) is 0 Å². The molecule has 0 radical (unpaired) electrons. The summed E-state index contributed by atoms with van der Waals surface area (Å²) in [4.78, 5) is 0. The standard InChI is InChI=1S/C2H10SSi2/c4-1-3-2-5/h1-2H2,4-5H3. The van der Waals surface area contributed by atoms with Crippen LogP contribution in [-0.4, -0.2) is 31.2 Å². The van der Waals surface area contributed by atoms with Gasteiger partial charge in [-0.25, -0.2) is 0 Å². The Morgan fingerprint density at radius 3 is 1.60 bits per heavy atom. The smallest absolute Gasteiger partial charge is 0.0153 e. The van der Waals surface area contributed by atoms with Crippen molar-refractivity contribution in [3.05, 3.63) is 0 Å². The molecule has 0 aliphatic heterocycles. The fourth-order valence-electron chi connectivity index (χ4n) is 0.204. The highest BCUT2D eigenvalue weighted by Crippen LogP contribution is 1.87. The van der Waals surface area contributed by atoms with Crippen molar-refractivity contribution in [2.45, 2.75) is 0 Å². The average molecular weight is 122 g/mol. The van der Waals surface area contributed by atoms with E-state index in [-0.39, 0.29) is 0 Å². The molecular formula is C2H10SSi2. The van der Waals surface area contributed by atoms with Crippen LogP contribution in [0.25, 0.3) is 0 Å². The molecule has 0 aromatic heterocycles. The van der Waals surface area contributed by atoms with Gasteiger partial charge in [0, 0.05) is 20.5 Å². The largest absolute Gasteiger partial charge is 0.170 e. The van der Waals surface area contributed by atoms with Crippen LogP contribution >= 0.6 is 11.8 Å². The van der Waals surface area contributed by atoms with Gasteiger partial charge in [0.25, 0.3) is 0 Å². The highest BCUT2D eigenvalue weighted by atomic mass is 32.2. The summed E-state index contributed by atoms with van der Waals surface area (Å²) < 4.78 is 0. The first kappa shape index (κ1) is 5.78. The Kier molecular flexibility index (Phi) is 5.53. The number of hydrogen-bond acceptors (Lipinski definition) is 1. The fourth-order valence-corrected chi connectivity index (χ4v) is 5.51. The molecule has 0 amide bonds. The van der Waals surface area contributed by atoms with E-state index in [1.54, 1.807) is 0 Å². The van der Waals surface area contributed by atoms with Gasteiger partial charge >= 0.3 is 0 Å². The lowest BCUT2D eigenvalue weighted by molar-refractivity contribution is 2.11. The zero-order chi connectivity index (χ0) is 4.12. The molecule has 0 rings (SSSR count). The topological polar surface area (TPSA) is 0 Å². The van der Waals surface area contributed by atoms with E-state index in [9.17, 15) is 0 Å². The minimum Gasteiger partial charge on any atom is -0.170 e. The molecule has 0 aromatic carbocycles. The van der Waals surface area contributed by atoms with E-state index in [4.69, 9.17) is 0 Å². The highest BCUT2D eigenvalue weighted by molar-refractivity contribution is 8.01. The molecule has 0 bridgehead atoms. The molecule has 0 saturated carbocycles. The maximum atomic E-state index is 2.09. The van der Waals surface area contributed by atoms with Gasteiger partial charge in [-0.1, -0.05) is 0 Å². The Morgan fingerprint density at radius 1 is 1.20 bits per heavy atom. The lowest BCUT2D eigenvalue weighted by Crippen LogP contribution is -1.76. The zero-order valence-electron chi connectivity index (χ0n) is 3.82. The molecule has 32 valence electrons. The summed E-state index contributed by atoms with van der Waals surface area (Å²) in [6, 6.07) is 0. The molecule has 0 heterocycles. The number of thioether (sulfide) groups is 1. The Morgan fingerprint density at radius 2 is 1.60 bits per heavy atom. The lowest BCUT2D eigenvalue weighted by Gasteiger charge is -1.80. The van der Waals surface area contributed by atoms with Crippen molar-refractivity contribution in [2.24, 2.45) is 0 Å². The summed E-state index contributed by atoms with van der Waals surface area (Å²) in [7, 11) is 2.77. The lowest BCUT2D eigenvalue weighted by atomic mass is 11.9. The highest BCUT2D eigenvalue weighted by Gasteiger charge is 1.67. The Bertz CT molecular complexity index is 15.1. The van der Waals surface area contributed by atoms with Crippen molar-refractivity contribution in [1.29, 1.82) is 0 Å². The second-order valence-electron chi connectivity index (χ2n) is 0.781. The molecule has 0 nitrogen and oxygen atoms in total. The van der Waals surface area contributed by atoms with Gasteiger partial charge in [0.05, 0.1) is 0 Å². The summed E-state index contributed by atoms with van der Waals surface area (Å²) in [6.45, 7) is 0. The third kappa shape index (κ3) is 4.78. The summed E-state index contributed by atoms with van der Waals surface area (Å²) in [6.07, 6.45) is 0. The molecule has 0 atom stereocenters. The summed E-state index contributed by atoms with van der Waals surface area (Å²) in [5.74, 6) is 0. The van der Waals surface area contributed by atoms with Crippen LogP contribution in [0.2, 0.25) is 0 Å². The molecule has 0 unspecified atom stereocenters. The van der Waals surface area contributed by atoms with Crippen molar-refractivity contribution >= 4 is 32.2 Å². The average Bonchev–Trinajstić information content (AvgIpc) is 1.41. The predicted molar refractivity (Wildman–Crippen MR) is 37.2 cm³/mol. The molecular weight excluding hydrogens is 112 g/mol. The molecule has 0 spiro atoms. The van der Waals surface area contributed by atoms with Crippen LogP contribution in [0, 0.1) is 0 Å². The van der Waals surface area contributed by atoms with E-state index >= 15 is 0 Å². The number of rotatable bonds is 2. The SMILES string of the molecule is [SiH3]CSC[SiH3]. The second kappa shape index (κ2) is 4.78. The summed E-state index contributed by atoms with van der Waals surface area (Å²) >= 11 is 2.09. The van der Waals surface area contributed by atoms with Gasteiger partial charge in [-0.3, -0.25) is 0 Å². The van der Waals surface area contributed by atoms with Gasteiger partial charge in [-0.15, -0.1) is 0 Å². The molecule has 0 aliphatic rings. The quantitative estimate of drug-likeness (QED) is 0.396. The van der Waals surface area contributed by atoms with Crippen molar-refractivity contribution in [3.8, 4) is 0 Å². The van der Waals surface area contributed by atoms with Crippen LogP contribution in [0.15, 0.2) is 0 Å². The van der Waals surface area contributed by atoms with E-state index in [2.05, 4.69) is 11.8 Å². The minimum absolute atomic E-state index is 1.38. The van der Waals surface area contributed by atoms with E-state index in [0.717, 1.165) is 0 Å². The van der Waals surface area contributed by atoms with E-state index in [0.29, 0.717) is 0 Å². The first-order valence-corrected chi connectivity index (χ1v) is 5.97. The Hall–Kier alpha value is 0.784. The Balaban J connectivity index is 2.19. The first-order chi connectivity index (χ1) is 2.41. The Labute approximate surface area is 43.6 Å². The third-order valence-electron chi connectivity index (χ3n) is 0.408. The minimum atomic E-state index is 1.38. The number of hydrogen-bond donors (Lipinski definition) is 0. The van der Waals surface area contributed by atoms with Gasteiger partial charge < -0.3 is 0 Å². The monoisotopic (exact) mass is 122 g/mol. The van der Waals surface area contributed by atoms with Crippen molar-refractivity contribution in [1.82, 2.24) is 0 Å². The normalized spacial score (nSPS) is 9.60. The maximum Gasteiger partial charge on any atom is 0.0153 e. The van der Waals surface area contributed by atoms with Crippen LogP contribution in [0.1, 0.15) is 0 Å².